The van der Waals surface area contributed by atoms with Crippen LogP contribution in [-0.2, 0) is 6.42 Å². The van der Waals surface area contributed by atoms with Crippen LogP contribution in [0.15, 0.2) is 46.9 Å². The number of halogens is 2. The number of carbonyl (C=O) groups is 1. The number of hydrogen-bond acceptors (Lipinski definition) is 2. The summed E-state index contributed by atoms with van der Waals surface area (Å²) in [4.78, 5) is 12.1. The molecule has 0 atom stereocenters. The third-order valence-electron chi connectivity index (χ3n) is 3.03. The van der Waals surface area contributed by atoms with Gasteiger partial charge in [0, 0.05) is 19.3 Å². The zero-order valence-corrected chi connectivity index (χ0v) is 16.4. The highest BCUT2D eigenvalue weighted by molar-refractivity contribution is 14.1. The zero-order chi connectivity index (χ0) is 16.1. The van der Waals surface area contributed by atoms with E-state index in [-0.39, 0.29) is 5.91 Å². The number of amides is 1. The number of nitrogens with one attached hydrogen (secondary N) is 2. The first kappa shape index (κ1) is 17.4. The molecule has 0 fully saturated rings. The average molecular weight is 489 g/mol. The lowest BCUT2D eigenvalue weighted by Crippen LogP contribution is -2.34. The highest BCUT2D eigenvalue weighted by Crippen LogP contribution is 2.19. The molecule has 2 aromatic carbocycles. The van der Waals surface area contributed by atoms with Crippen molar-refractivity contribution in [3.8, 4) is 0 Å². The van der Waals surface area contributed by atoms with Gasteiger partial charge in [0.25, 0.3) is 5.91 Å². The predicted molar refractivity (Wildman–Crippen MR) is 106 cm³/mol. The molecule has 114 valence electrons. The Bertz CT molecular complexity index is 704. The summed E-state index contributed by atoms with van der Waals surface area (Å²) in [5.41, 5.74) is 2.64. The van der Waals surface area contributed by atoms with E-state index in [1.54, 1.807) is 12.1 Å². The maximum Gasteiger partial charge on any atom is 0.257 e. The van der Waals surface area contributed by atoms with Crippen LogP contribution in [0.25, 0.3) is 0 Å². The van der Waals surface area contributed by atoms with Gasteiger partial charge in [0.1, 0.15) is 0 Å². The Morgan fingerprint density at radius 3 is 2.55 bits per heavy atom. The molecule has 2 aromatic rings. The summed E-state index contributed by atoms with van der Waals surface area (Å²) in [7, 11) is 0. The van der Waals surface area contributed by atoms with Crippen molar-refractivity contribution in [1.29, 1.82) is 0 Å². The number of rotatable bonds is 3. The van der Waals surface area contributed by atoms with Gasteiger partial charge in [-0.3, -0.25) is 10.1 Å². The van der Waals surface area contributed by atoms with Gasteiger partial charge in [-0.15, -0.1) is 0 Å². The molecule has 0 aliphatic rings. The van der Waals surface area contributed by atoms with E-state index in [4.69, 9.17) is 12.2 Å². The third kappa shape index (κ3) is 4.76. The first-order valence-corrected chi connectivity index (χ1v) is 8.94. The van der Waals surface area contributed by atoms with Crippen molar-refractivity contribution in [2.24, 2.45) is 0 Å². The Balaban J connectivity index is 2.04. The van der Waals surface area contributed by atoms with Crippen LogP contribution >= 0.6 is 50.7 Å². The van der Waals surface area contributed by atoms with Crippen LogP contribution in [-0.4, -0.2) is 11.0 Å². The van der Waals surface area contributed by atoms with Crippen molar-refractivity contribution in [1.82, 2.24) is 5.32 Å². The fraction of sp³-hybridized carbons (Fsp3) is 0.125. The van der Waals surface area contributed by atoms with Gasteiger partial charge in [0.2, 0.25) is 0 Å². The van der Waals surface area contributed by atoms with Crippen LogP contribution in [0, 0.1) is 3.57 Å². The Morgan fingerprint density at radius 1 is 1.23 bits per heavy atom. The second-order valence-corrected chi connectivity index (χ2v) is 7.14. The quantitative estimate of drug-likeness (QED) is 0.484. The fourth-order valence-electron chi connectivity index (χ4n) is 1.91. The lowest BCUT2D eigenvalue weighted by Gasteiger charge is -2.13. The molecule has 0 heterocycles. The molecule has 0 unspecified atom stereocenters. The van der Waals surface area contributed by atoms with Crippen LogP contribution in [0.2, 0.25) is 0 Å². The largest absolute Gasteiger partial charge is 0.332 e. The molecule has 22 heavy (non-hydrogen) atoms. The Hall–Kier alpha value is -0.990. The molecular formula is C16H14BrIN2OS. The molecule has 0 aromatic heterocycles. The molecule has 6 heteroatoms. The number of thiocarbonyl (C=S) groups is 1. The minimum absolute atomic E-state index is 0.228. The number of anilines is 1. The fourth-order valence-corrected chi connectivity index (χ4v) is 2.93. The molecule has 3 nitrogen and oxygen atoms in total. The standard InChI is InChI=1S/C16H14BrIN2OS/c1-2-10-9-13(18)7-8-14(10)19-16(22)20-15(21)11-3-5-12(17)6-4-11/h3-9H,2H2,1H3,(H2,19,20,21,22). The van der Waals surface area contributed by atoms with Gasteiger partial charge in [-0.25, -0.2) is 0 Å². The van der Waals surface area contributed by atoms with Crippen molar-refractivity contribution >= 4 is 67.4 Å². The van der Waals surface area contributed by atoms with Crippen LogP contribution in [0.3, 0.4) is 0 Å². The summed E-state index contributed by atoms with van der Waals surface area (Å²) in [6.45, 7) is 2.08. The Kier molecular flexibility index (Phi) is 6.34. The van der Waals surface area contributed by atoms with Gasteiger partial charge >= 0.3 is 0 Å². The molecule has 0 radical (unpaired) electrons. The van der Waals surface area contributed by atoms with Gasteiger partial charge in [-0.1, -0.05) is 22.9 Å². The average Bonchev–Trinajstić information content (AvgIpc) is 2.49. The van der Waals surface area contributed by atoms with E-state index in [1.165, 1.54) is 3.57 Å². The van der Waals surface area contributed by atoms with Gasteiger partial charge in [0.05, 0.1) is 0 Å². The van der Waals surface area contributed by atoms with E-state index in [1.807, 2.05) is 24.3 Å². The molecule has 1 amide bonds. The van der Waals surface area contributed by atoms with Crippen LogP contribution in [0.4, 0.5) is 5.69 Å². The molecule has 0 bridgehead atoms. The summed E-state index contributed by atoms with van der Waals surface area (Å²) in [6.07, 6.45) is 0.891. The Morgan fingerprint density at radius 2 is 1.91 bits per heavy atom. The summed E-state index contributed by atoms with van der Waals surface area (Å²) < 4.78 is 2.10. The van der Waals surface area contributed by atoms with E-state index >= 15 is 0 Å². The minimum Gasteiger partial charge on any atom is -0.332 e. The van der Waals surface area contributed by atoms with Crippen LogP contribution in [0.1, 0.15) is 22.8 Å². The van der Waals surface area contributed by atoms with Gasteiger partial charge in [-0.2, -0.15) is 0 Å². The molecule has 2 N–H and O–H groups in total. The topological polar surface area (TPSA) is 41.1 Å². The predicted octanol–water partition coefficient (Wildman–Crippen LogP) is 4.74. The van der Waals surface area contributed by atoms with Gasteiger partial charge < -0.3 is 5.32 Å². The van der Waals surface area contributed by atoms with Crippen molar-refractivity contribution in [2.45, 2.75) is 13.3 Å². The molecule has 0 saturated heterocycles. The lowest BCUT2D eigenvalue weighted by molar-refractivity contribution is 0.0977. The number of benzene rings is 2. The highest BCUT2D eigenvalue weighted by Gasteiger charge is 2.09. The second kappa shape index (κ2) is 8.03. The number of hydrogen-bond donors (Lipinski definition) is 2. The van der Waals surface area contributed by atoms with E-state index in [9.17, 15) is 4.79 Å². The summed E-state index contributed by atoms with van der Waals surface area (Å²) >= 11 is 10.8. The van der Waals surface area contributed by atoms with E-state index in [2.05, 4.69) is 62.1 Å². The molecule has 2 rings (SSSR count). The van der Waals surface area contributed by atoms with Crippen LogP contribution < -0.4 is 10.6 Å². The molecule has 0 aliphatic carbocycles. The molecule has 0 saturated carbocycles. The summed E-state index contributed by atoms with van der Waals surface area (Å²) in [6, 6.07) is 13.2. The lowest BCUT2D eigenvalue weighted by atomic mass is 10.1. The van der Waals surface area contributed by atoms with Gasteiger partial charge in [-0.05, 0) is 89.3 Å². The van der Waals surface area contributed by atoms with Crippen LogP contribution in [0.5, 0.6) is 0 Å². The van der Waals surface area contributed by atoms with E-state index < -0.39 is 0 Å². The zero-order valence-electron chi connectivity index (χ0n) is 11.8. The van der Waals surface area contributed by atoms with Crippen molar-refractivity contribution in [3.63, 3.8) is 0 Å². The Labute approximate surface area is 157 Å². The number of carbonyl (C=O) groups excluding carboxylic acids is 1. The van der Waals surface area contributed by atoms with Gasteiger partial charge in [0.15, 0.2) is 5.11 Å². The first-order chi connectivity index (χ1) is 10.5. The van der Waals surface area contributed by atoms with Crippen molar-refractivity contribution < 1.29 is 4.79 Å². The highest BCUT2D eigenvalue weighted by atomic mass is 127. The van der Waals surface area contributed by atoms with Crippen molar-refractivity contribution in [2.75, 3.05) is 5.32 Å². The minimum atomic E-state index is -0.228. The maximum absolute atomic E-state index is 12.1. The summed E-state index contributed by atoms with van der Waals surface area (Å²) in [5, 5.41) is 6.08. The first-order valence-electron chi connectivity index (χ1n) is 6.66. The second-order valence-electron chi connectivity index (χ2n) is 4.57. The molecule has 0 spiro atoms. The third-order valence-corrected chi connectivity index (χ3v) is 4.43. The van der Waals surface area contributed by atoms with E-state index in [0.29, 0.717) is 10.7 Å². The number of aryl methyl sites for hydroxylation is 1. The summed E-state index contributed by atoms with van der Waals surface area (Å²) in [5.74, 6) is -0.228. The SMILES string of the molecule is CCc1cc(I)ccc1NC(=S)NC(=O)c1ccc(Br)cc1. The van der Waals surface area contributed by atoms with E-state index in [0.717, 1.165) is 22.1 Å². The molecular weight excluding hydrogens is 475 g/mol. The normalized spacial score (nSPS) is 10.1. The smallest absolute Gasteiger partial charge is 0.257 e. The molecule has 0 aliphatic heterocycles. The van der Waals surface area contributed by atoms with Crippen molar-refractivity contribution in [3.05, 3.63) is 61.6 Å². The maximum atomic E-state index is 12.1. The monoisotopic (exact) mass is 488 g/mol.